The number of hydrogen-bond acceptors (Lipinski definition) is 3. The first kappa shape index (κ1) is 11.2. The van der Waals surface area contributed by atoms with Crippen LogP contribution in [-0.2, 0) is 6.54 Å². The minimum absolute atomic E-state index is 0.0384. The third kappa shape index (κ3) is 2.13. The zero-order chi connectivity index (χ0) is 10.7. The lowest BCUT2D eigenvalue weighted by atomic mass is 10.2. The Kier molecular flexibility index (Phi) is 3.65. The number of nitrogens with two attached hydrogens (primary N) is 1. The predicted molar refractivity (Wildman–Crippen MR) is 50.2 cm³/mol. The predicted octanol–water partition coefficient (Wildman–Crippen LogP) is 2.05. The van der Waals surface area contributed by atoms with Crippen LogP contribution >= 0.6 is 15.9 Å². The van der Waals surface area contributed by atoms with Crippen molar-refractivity contribution >= 4 is 22.2 Å². The van der Waals surface area contributed by atoms with Crippen molar-refractivity contribution in [1.82, 2.24) is 4.98 Å². The van der Waals surface area contributed by atoms with Crippen molar-refractivity contribution in [3.05, 3.63) is 27.5 Å². The third-order valence-corrected chi connectivity index (χ3v) is 2.30. The van der Waals surface area contributed by atoms with Gasteiger partial charge in [0.25, 0.3) is 6.43 Å². The van der Waals surface area contributed by atoms with Crippen molar-refractivity contribution in [1.29, 1.82) is 0 Å². The summed E-state index contributed by atoms with van der Waals surface area (Å²) in [5, 5.41) is 0. The Morgan fingerprint density at radius 3 is 2.71 bits per heavy atom. The van der Waals surface area contributed by atoms with Crippen LogP contribution in [0.1, 0.15) is 28.2 Å². The molecule has 0 radical (unpaired) electrons. The number of carbonyl (C=O) groups excluding carboxylic acids is 1. The Morgan fingerprint density at radius 1 is 1.64 bits per heavy atom. The van der Waals surface area contributed by atoms with Gasteiger partial charge in [0.05, 0.1) is 11.3 Å². The normalized spacial score (nSPS) is 10.6. The van der Waals surface area contributed by atoms with Gasteiger partial charge in [-0.2, -0.15) is 0 Å². The van der Waals surface area contributed by atoms with Crippen LogP contribution < -0.4 is 5.73 Å². The van der Waals surface area contributed by atoms with Crippen LogP contribution in [0.4, 0.5) is 8.78 Å². The summed E-state index contributed by atoms with van der Waals surface area (Å²) in [6.45, 7) is -0.125. The first-order chi connectivity index (χ1) is 6.60. The number of nitrogens with zero attached hydrogens (tertiary/aromatic N) is 1. The average Bonchev–Trinajstić information content (AvgIpc) is 2.15. The van der Waals surface area contributed by atoms with E-state index >= 15 is 0 Å². The van der Waals surface area contributed by atoms with E-state index < -0.39 is 6.43 Å². The smallest absolute Gasteiger partial charge is 0.266 e. The molecule has 76 valence electrons. The van der Waals surface area contributed by atoms with Gasteiger partial charge in [0.15, 0.2) is 6.29 Å². The van der Waals surface area contributed by atoms with Crippen molar-refractivity contribution in [2.75, 3.05) is 0 Å². The van der Waals surface area contributed by atoms with E-state index in [4.69, 9.17) is 5.73 Å². The van der Waals surface area contributed by atoms with Crippen molar-refractivity contribution in [2.24, 2.45) is 5.73 Å². The Hall–Kier alpha value is -0.880. The summed E-state index contributed by atoms with van der Waals surface area (Å²) >= 11 is 2.95. The van der Waals surface area contributed by atoms with Gasteiger partial charge in [0, 0.05) is 11.0 Å². The number of rotatable bonds is 3. The van der Waals surface area contributed by atoms with Crippen LogP contribution in [0.5, 0.6) is 0 Å². The molecule has 0 aromatic carbocycles. The topological polar surface area (TPSA) is 56.0 Å². The Morgan fingerprint density at radius 2 is 2.29 bits per heavy atom. The molecular formula is C8H7BrF2N2O. The highest BCUT2D eigenvalue weighted by Gasteiger charge is 2.18. The average molecular weight is 265 g/mol. The summed E-state index contributed by atoms with van der Waals surface area (Å²) in [6, 6.07) is 1.24. The molecule has 0 aliphatic heterocycles. The standard InChI is InChI=1S/C8H7BrF2N2O/c9-5-1-4(3-14)13-6(2-12)7(5)8(10)11/h1,3,8H,2,12H2. The number of aldehydes is 1. The van der Waals surface area contributed by atoms with Gasteiger partial charge in [0.2, 0.25) is 0 Å². The highest BCUT2D eigenvalue weighted by atomic mass is 79.9. The second-order valence-corrected chi connectivity index (χ2v) is 3.37. The van der Waals surface area contributed by atoms with Gasteiger partial charge in [-0.15, -0.1) is 0 Å². The van der Waals surface area contributed by atoms with Crippen molar-refractivity contribution in [3.8, 4) is 0 Å². The molecule has 2 N–H and O–H groups in total. The Bertz CT molecular complexity index is 357. The van der Waals surface area contributed by atoms with Crippen LogP contribution in [0.25, 0.3) is 0 Å². The molecule has 0 aliphatic carbocycles. The lowest BCUT2D eigenvalue weighted by Gasteiger charge is -2.08. The van der Waals surface area contributed by atoms with Gasteiger partial charge in [-0.1, -0.05) is 15.9 Å². The van der Waals surface area contributed by atoms with Crippen LogP contribution in [0.15, 0.2) is 10.5 Å². The summed E-state index contributed by atoms with van der Waals surface area (Å²) < 4.78 is 25.2. The number of aromatic nitrogens is 1. The van der Waals surface area contributed by atoms with E-state index in [-0.39, 0.29) is 28.0 Å². The molecule has 1 rings (SSSR count). The molecule has 14 heavy (non-hydrogen) atoms. The minimum Gasteiger partial charge on any atom is -0.325 e. The quantitative estimate of drug-likeness (QED) is 0.851. The van der Waals surface area contributed by atoms with E-state index in [9.17, 15) is 13.6 Å². The highest BCUT2D eigenvalue weighted by molar-refractivity contribution is 9.10. The van der Waals surface area contributed by atoms with Crippen molar-refractivity contribution in [2.45, 2.75) is 13.0 Å². The number of pyridine rings is 1. The van der Waals surface area contributed by atoms with Crippen LogP contribution in [-0.4, -0.2) is 11.3 Å². The maximum Gasteiger partial charge on any atom is 0.266 e. The van der Waals surface area contributed by atoms with Crippen molar-refractivity contribution in [3.63, 3.8) is 0 Å². The van der Waals surface area contributed by atoms with E-state index in [0.717, 1.165) is 0 Å². The minimum atomic E-state index is -2.66. The first-order valence-electron chi connectivity index (χ1n) is 3.72. The lowest BCUT2D eigenvalue weighted by Crippen LogP contribution is -2.08. The summed E-state index contributed by atoms with van der Waals surface area (Å²) in [5.41, 5.74) is 5.12. The van der Waals surface area contributed by atoms with E-state index in [2.05, 4.69) is 20.9 Å². The fourth-order valence-corrected chi connectivity index (χ4v) is 1.68. The van der Waals surface area contributed by atoms with Crippen LogP contribution in [0.2, 0.25) is 0 Å². The number of alkyl halides is 2. The first-order valence-corrected chi connectivity index (χ1v) is 4.52. The molecule has 0 aliphatic rings. The van der Waals surface area contributed by atoms with Gasteiger partial charge < -0.3 is 5.73 Å². The summed E-state index contributed by atoms with van der Waals surface area (Å²) in [5.74, 6) is 0. The third-order valence-electron chi connectivity index (χ3n) is 1.64. The number of carbonyl (C=O) groups is 1. The second-order valence-electron chi connectivity index (χ2n) is 2.51. The number of hydrogen-bond donors (Lipinski definition) is 1. The van der Waals surface area contributed by atoms with E-state index in [1.165, 1.54) is 6.07 Å². The SMILES string of the molecule is NCc1nc(C=O)cc(Br)c1C(F)F. The summed E-state index contributed by atoms with van der Waals surface area (Å²) in [6.07, 6.45) is -2.17. The molecular weight excluding hydrogens is 258 g/mol. The highest BCUT2D eigenvalue weighted by Crippen LogP contribution is 2.29. The fourth-order valence-electron chi connectivity index (χ4n) is 1.04. The molecule has 0 spiro atoms. The molecule has 1 aromatic heterocycles. The monoisotopic (exact) mass is 264 g/mol. The fraction of sp³-hybridized carbons (Fsp3) is 0.250. The molecule has 0 fully saturated rings. The largest absolute Gasteiger partial charge is 0.325 e. The zero-order valence-electron chi connectivity index (χ0n) is 7.01. The molecule has 3 nitrogen and oxygen atoms in total. The molecule has 1 heterocycles. The molecule has 0 saturated heterocycles. The van der Waals surface area contributed by atoms with E-state index in [1.54, 1.807) is 0 Å². The van der Waals surface area contributed by atoms with Gasteiger partial charge in [-0.05, 0) is 6.07 Å². The van der Waals surface area contributed by atoms with Crippen molar-refractivity contribution < 1.29 is 13.6 Å². The summed E-state index contributed by atoms with van der Waals surface area (Å²) in [4.78, 5) is 14.1. The maximum absolute atomic E-state index is 12.5. The lowest BCUT2D eigenvalue weighted by molar-refractivity contribution is 0.111. The van der Waals surface area contributed by atoms with Gasteiger partial charge >= 0.3 is 0 Å². The van der Waals surface area contributed by atoms with Gasteiger partial charge in [0.1, 0.15) is 5.69 Å². The second kappa shape index (κ2) is 4.56. The molecule has 0 bridgehead atoms. The van der Waals surface area contributed by atoms with Crippen LogP contribution in [0, 0.1) is 0 Å². The maximum atomic E-state index is 12.5. The Balaban J connectivity index is 3.34. The molecule has 0 atom stereocenters. The summed E-state index contributed by atoms with van der Waals surface area (Å²) in [7, 11) is 0. The zero-order valence-corrected chi connectivity index (χ0v) is 8.59. The molecule has 1 aromatic rings. The molecule has 0 unspecified atom stereocenters. The van der Waals surface area contributed by atoms with E-state index in [1.807, 2.05) is 0 Å². The van der Waals surface area contributed by atoms with E-state index in [0.29, 0.717) is 6.29 Å². The van der Waals surface area contributed by atoms with Gasteiger partial charge in [-0.25, -0.2) is 13.8 Å². The Labute approximate surface area is 87.4 Å². The molecule has 0 amide bonds. The molecule has 6 heteroatoms. The van der Waals surface area contributed by atoms with Crippen LogP contribution in [0.3, 0.4) is 0 Å². The number of halogens is 3. The van der Waals surface area contributed by atoms with Gasteiger partial charge in [-0.3, -0.25) is 4.79 Å². The molecule has 0 saturated carbocycles.